The highest BCUT2D eigenvalue weighted by molar-refractivity contribution is 7.80. The number of hydrogen-bond acceptors (Lipinski definition) is 2. The second-order valence-corrected chi connectivity index (χ2v) is 8.41. The Hall–Kier alpha value is -3.51. The van der Waals surface area contributed by atoms with Gasteiger partial charge >= 0.3 is 0 Å². The Balaban J connectivity index is 1.69. The first-order chi connectivity index (χ1) is 15.5. The number of pyridine rings is 1. The lowest BCUT2D eigenvalue weighted by Crippen LogP contribution is -2.31. The summed E-state index contributed by atoms with van der Waals surface area (Å²) in [5.74, 6) is -0.312. The number of aromatic nitrogens is 2. The molecule has 2 aromatic carbocycles. The molecule has 1 saturated heterocycles. The molecule has 2 aromatic heterocycles. The molecule has 0 unspecified atom stereocenters. The van der Waals surface area contributed by atoms with Crippen molar-refractivity contribution < 1.29 is 4.39 Å². The van der Waals surface area contributed by atoms with E-state index in [2.05, 4.69) is 53.0 Å². The van der Waals surface area contributed by atoms with Gasteiger partial charge in [-0.05, 0) is 85.7 Å². The van der Waals surface area contributed by atoms with Crippen LogP contribution in [0.25, 0.3) is 5.69 Å². The Kier molecular flexibility index (Phi) is 5.23. The molecule has 0 amide bonds. The van der Waals surface area contributed by atoms with Gasteiger partial charge in [0, 0.05) is 23.8 Å². The molecule has 1 aliphatic rings. The van der Waals surface area contributed by atoms with Crippen LogP contribution in [0, 0.1) is 19.7 Å². The van der Waals surface area contributed by atoms with Crippen LogP contribution < -0.4 is 10.2 Å². The van der Waals surface area contributed by atoms with E-state index in [9.17, 15) is 4.39 Å². The molecule has 160 valence electrons. The van der Waals surface area contributed by atoms with Crippen LogP contribution in [0.15, 0.2) is 85.2 Å². The summed E-state index contributed by atoms with van der Waals surface area (Å²) in [7, 11) is 0. The molecule has 0 saturated carbocycles. The van der Waals surface area contributed by atoms with Crippen molar-refractivity contribution >= 4 is 23.0 Å². The van der Waals surface area contributed by atoms with Crippen LogP contribution in [0.3, 0.4) is 0 Å². The minimum Gasteiger partial charge on any atom is -0.351 e. The average Bonchev–Trinajstić information content (AvgIpc) is 3.41. The number of nitrogens with one attached hydrogen (secondary N) is 1. The predicted octanol–water partition coefficient (Wildman–Crippen LogP) is 5.81. The Morgan fingerprint density at radius 1 is 0.938 bits per heavy atom. The van der Waals surface area contributed by atoms with Crippen molar-refractivity contribution in [2.75, 3.05) is 4.90 Å². The molecule has 3 heterocycles. The van der Waals surface area contributed by atoms with E-state index < -0.39 is 0 Å². The van der Waals surface area contributed by atoms with Crippen molar-refractivity contribution in [3.8, 4) is 5.69 Å². The van der Waals surface area contributed by atoms with Gasteiger partial charge in [0.15, 0.2) is 5.11 Å². The van der Waals surface area contributed by atoms with Gasteiger partial charge in [-0.25, -0.2) is 4.39 Å². The monoisotopic (exact) mass is 442 g/mol. The third kappa shape index (κ3) is 3.46. The number of hydrogen-bond donors (Lipinski definition) is 1. The smallest absolute Gasteiger partial charge is 0.174 e. The predicted molar refractivity (Wildman–Crippen MR) is 130 cm³/mol. The Morgan fingerprint density at radius 2 is 1.75 bits per heavy atom. The molecule has 2 atom stereocenters. The van der Waals surface area contributed by atoms with Crippen LogP contribution in [0.4, 0.5) is 10.1 Å². The average molecular weight is 443 g/mol. The van der Waals surface area contributed by atoms with E-state index >= 15 is 0 Å². The maximum atomic E-state index is 14.9. The molecule has 5 rings (SSSR count). The first kappa shape index (κ1) is 20.4. The van der Waals surface area contributed by atoms with E-state index in [-0.39, 0.29) is 17.9 Å². The van der Waals surface area contributed by atoms with Crippen molar-refractivity contribution in [3.63, 3.8) is 0 Å². The number of nitrogens with zero attached hydrogens (tertiary/aromatic N) is 3. The van der Waals surface area contributed by atoms with Crippen molar-refractivity contribution in [2.45, 2.75) is 25.9 Å². The lowest BCUT2D eigenvalue weighted by molar-refractivity contribution is 0.542. The molecule has 0 spiro atoms. The van der Waals surface area contributed by atoms with Crippen LogP contribution in [0.1, 0.15) is 34.6 Å². The molecule has 1 aliphatic heterocycles. The largest absolute Gasteiger partial charge is 0.351 e. The van der Waals surface area contributed by atoms with Gasteiger partial charge in [-0.3, -0.25) is 4.98 Å². The van der Waals surface area contributed by atoms with Gasteiger partial charge in [-0.1, -0.05) is 24.3 Å². The van der Waals surface area contributed by atoms with E-state index in [1.807, 2.05) is 41.4 Å². The first-order valence-electron chi connectivity index (χ1n) is 10.5. The van der Waals surface area contributed by atoms with Gasteiger partial charge in [-0.2, -0.15) is 0 Å². The van der Waals surface area contributed by atoms with Gasteiger partial charge in [0.1, 0.15) is 11.9 Å². The fraction of sp³-hybridized carbons (Fsp3) is 0.154. The van der Waals surface area contributed by atoms with Crippen molar-refractivity contribution in [1.82, 2.24) is 14.9 Å². The molecule has 1 fully saturated rings. The van der Waals surface area contributed by atoms with E-state index in [0.29, 0.717) is 10.8 Å². The standard InChI is InChI=1S/C26H23FN4S/c1-17-12-13-19(16-18(17)2)30-15-7-11-23(30)25-24(21-9-5-6-14-28-21)29-26(32)31(25)22-10-4-3-8-20(22)27/h3-16,24-25H,1-2H3,(H,29,32)/t24-,25-/m0/s1. The molecule has 0 aliphatic carbocycles. The maximum Gasteiger partial charge on any atom is 0.174 e. The van der Waals surface area contributed by atoms with Crippen LogP contribution in [0.5, 0.6) is 0 Å². The van der Waals surface area contributed by atoms with Gasteiger partial charge in [0.25, 0.3) is 0 Å². The van der Waals surface area contributed by atoms with E-state index in [1.54, 1.807) is 18.3 Å². The number of para-hydroxylation sites is 1. The molecule has 0 radical (unpaired) electrons. The Bertz CT molecular complexity index is 1280. The van der Waals surface area contributed by atoms with Crippen LogP contribution in [0.2, 0.25) is 0 Å². The highest BCUT2D eigenvalue weighted by Crippen LogP contribution is 2.42. The first-order valence-corrected chi connectivity index (χ1v) is 11.0. The summed E-state index contributed by atoms with van der Waals surface area (Å²) in [6.07, 6.45) is 3.81. The molecule has 4 aromatic rings. The summed E-state index contributed by atoms with van der Waals surface area (Å²) in [6.45, 7) is 4.21. The van der Waals surface area contributed by atoms with Crippen molar-refractivity contribution in [2.24, 2.45) is 0 Å². The van der Waals surface area contributed by atoms with Gasteiger partial charge in [-0.15, -0.1) is 0 Å². The van der Waals surface area contributed by atoms with E-state index in [4.69, 9.17) is 12.2 Å². The SMILES string of the molecule is Cc1ccc(-n2cccc2[C@H]2[C@H](c3ccccn3)NC(=S)N2c2ccccc2F)cc1C. The molecule has 6 heteroatoms. The highest BCUT2D eigenvalue weighted by Gasteiger charge is 2.42. The second kappa shape index (κ2) is 8.20. The number of anilines is 1. The lowest BCUT2D eigenvalue weighted by atomic mass is 10.0. The lowest BCUT2D eigenvalue weighted by Gasteiger charge is -2.29. The zero-order valence-electron chi connectivity index (χ0n) is 17.9. The van der Waals surface area contributed by atoms with E-state index in [1.165, 1.54) is 17.2 Å². The van der Waals surface area contributed by atoms with Crippen LogP contribution in [-0.4, -0.2) is 14.7 Å². The molecule has 0 bridgehead atoms. The number of halogens is 1. The number of benzene rings is 2. The van der Waals surface area contributed by atoms with E-state index in [0.717, 1.165) is 17.1 Å². The normalized spacial score (nSPS) is 18.1. The summed E-state index contributed by atoms with van der Waals surface area (Å²) < 4.78 is 17.1. The fourth-order valence-corrected chi connectivity index (χ4v) is 4.65. The zero-order chi connectivity index (χ0) is 22.2. The highest BCUT2D eigenvalue weighted by atomic mass is 32.1. The number of thiocarbonyl (C=S) groups is 1. The fourth-order valence-electron chi connectivity index (χ4n) is 4.31. The van der Waals surface area contributed by atoms with Crippen LogP contribution in [-0.2, 0) is 0 Å². The molecular weight excluding hydrogens is 419 g/mol. The zero-order valence-corrected chi connectivity index (χ0v) is 18.7. The summed E-state index contributed by atoms with van der Waals surface area (Å²) in [6, 6.07) is 22.5. The summed E-state index contributed by atoms with van der Waals surface area (Å²) in [5, 5.41) is 3.87. The van der Waals surface area contributed by atoms with Gasteiger partial charge in [0.05, 0.1) is 17.4 Å². The third-order valence-electron chi connectivity index (χ3n) is 6.06. The minimum atomic E-state index is -0.312. The maximum absolute atomic E-state index is 14.9. The molecular formula is C26H23FN4S. The van der Waals surface area contributed by atoms with Crippen molar-refractivity contribution in [3.05, 3.63) is 114 Å². The van der Waals surface area contributed by atoms with Crippen molar-refractivity contribution in [1.29, 1.82) is 0 Å². The second-order valence-electron chi connectivity index (χ2n) is 8.02. The molecule has 1 N–H and O–H groups in total. The topological polar surface area (TPSA) is 33.1 Å². The summed E-state index contributed by atoms with van der Waals surface area (Å²) in [4.78, 5) is 6.45. The van der Waals surface area contributed by atoms with Crippen LogP contribution >= 0.6 is 12.2 Å². The Morgan fingerprint density at radius 3 is 2.50 bits per heavy atom. The molecule has 4 nitrogen and oxygen atoms in total. The number of rotatable bonds is 4. The number of aryl methyl sites for hydroxylation is 2. The third-order valence-corrected chi connectivity index (χ3v) is 6.38. The molecule has 32 heavy (non-hydrogen) atoms. The summed E-state index contributed by atoms with van der Waals surface area (Å²) >= 11 is 5.72. The van der Waals surface area contributed by atoms with Gasteiger partial charge in [0.2, 0.25) is 0 Å². The summed E-state index contributed by atoms with van der Waals surface area (Å²) in [5.41, 5.74) is 5.81. The Labute approximate surface area is 192 Å². The quantitative estimate of drug-likeness (QED) is 0.405. The minimum absolute atomic E-state index is 0.233. The van der Waals surface area contributed by atoms with Gasteiger partial charge < -0.3 is 14.8 Å².